The lowest BCUT2D eigenvalue weighted by Crippen LogP contribution is -1.97. The van der Waals surface area contributed by atoms with Crippen LogP contribution in [0.15, 0.2) is 30.9 Å². The van der Waals surface area contributed by atoms with Gasteiger partial charge in [-0.15, -0.1) is 6.58 Å². The number of hydrogen-bond acceptors (Lipinski definition) is 0. The van der Waals surface area contributed by atoms with E-state index in [9.17, 15) is 0 Å². The van der Waals surface area contributed by atoms with E-state index in [1.807, 2.05) is 24.3 Å². The summed E-state index contributed by atoms with van der Waals surface area (Å²) in [6, 6.07) is 5.64. The van der Waals surface area contributed by atoms with Crippen molar-refractivity contribution in [3.63, 3.8) is 0 Å². The Hall–Kier alpha value is -0.460. The maximum Gasteiger partial charge on any atom is 0.0455 e. The summed E-state index contributed by atoms with van der Waals surface area (Å²) in [6.45, 7) is 5.88. The molecule has 0 nitrogen and oxygen atoms in total. The fraction of sp³-hybridized carbons (Fsp3) is 0.333. The van der Waals surface area contributed by atoms with E-state index in [4.69, 9.17) is 23.2 Å². The second-order valence-electron chi connectivity index (χ2n) is 3.26. The van der Waals surface area contributed by atoms with Crippen LogP contribution < -0.4 is 0 Å². The van der Waals surface area contributed by atoms with E-state index in [1.54, 1.807) is 0 Å². The highest BCUT2D eigenvalue weighted by atomic mass is 35.5. The Morgan fingerprint density at radius 2 is 1.93 bits per heavy atom. The van der Waals surface area contributed by atoms with Crippen LogP contribution in [0.4, 0.5) is 0 Å². The molecule has 0 fully saturated rings. The highest BCUT2D eigenvalue weighted by Gasteiger charge is 2.14. The molecule has 76 valence electrons. The summed E-state index contributed by atoms with van der Waals surface area (Å²) < 4.78 is 0. The third-order valence-electron chi connectivity index (χ3n) is 2.35. The minimum Gasteiger partial charge on any atom is -0.103 e. The molecule has 0 heterocycles. The summed E-state index contributed by atoms with van der Waals surface area (Å²) >= 11 is 12.2. The second kappa shape index (κ2) is 5.43. The maximum absolute atomic E-state index is 6.12. The number of rotatable bonds is 4. The van der Waals surface area contributed by atoms with Crippen molar-refractivity contribution in [2.45, 2.75) is 25.7 Å². The van der Waals surface area contributed by atoms with Gasteiger partial charge >= 0.3 is 0 Å². The summed E-state index contributed by atoms with van der Waals surface area (Å²) in [5.74, 6) is 0.383. The molecule has 0 spiro atoms. The zero-order chi connectivity index (χ0) is 10.6. The molecule has 2 heteroatoms. The van der Waals surface area contributed by atoms with Crippen molar-refractivity contribution in [1.82, 2.24) is 0 Å². The van der Waals surface area contributed by atoms with E-state index in [0.29, 0.717) is 5.92 Å². The number of hydrogen-bond donors (Lipinski definition) is 0. The molecule has 0 saturated carbocycles. The normalized spacial score (nSPS) is 12.5. The molecule has 0 bridgehead atoms. The Kier molecular flexibility index (Phi) is 4.50. The Bertz CT molecular complexity index is 298. The molecule has 14 heavy (non-hydrogen) atoms. The first kappa shape index (κ1) is 11.6. The van der Waals surface area contributed by atoms with Crippen molar-refractivity contribution in [3.8, 4) is 0 Å². The number of halogens is 2. The standard InChI is InChI=1S/C12H14Cl2/c1-3-6-9(4-2)12-10(13)7-5-8-11(12)14/h3,5,7-9H,1,4,6H2,2H3. The summed E-state index contributed by atoms with van der Waals surface area (Å²) in [4.78, 5) is 0. The lowest BCUT2D eigenvalue weighted by molar-refractivity contribution is 0.675. The summed E-state index contributed by atoms with van der Waals surface area (Å²) in [5, 5.41) is 1.51. The largest absolute Gasteiger partial charge is 0.103 e. The Morgan fingerprint density at radius 3 is 2.36 bits per heavy atom. The third kappa shape index (κ3) is 2.52. The van der Waals surface area contributed by atoms with Gasteiger partial charge in [-0.1, -0.05) is 42.3 Å². The molecule has 0 radical (unpaired) electrons. The Balaban J connectivity index is 3.07. The van der Waals surface area contributed by atoms with Crippen LogP contribution in [-0.4, -0.2) is 0 Å². The van der Waals surface area contributed by atoms with E-state index >= 15 is 0 Å². The molecule has 1 aromatic carbocycles. The van der Waals surface area contributed by atoms with Crippen molar-refractivity contribution in [1.29, 1.82) is 0 Å². The fourth-order valence-corrected chi connectivity index (χ4v) is 2.30. The highest BCUT2D eigenvalue weighted by Crippen LogP contribution is 2.35. The first-order chi connectivity index (χ1) is 6.70. The maximum atomic E-state index is 6.12. The average molecular weight is 229 g/mol. The summed E-state index contributed by atoms with van der Waals surface area (Å²) in [7, 11) is 0. The molecule has 0 saturated heterocycles. The van der Waals surface area contributed by atoms with Gasteiger partial charge in [-0.05, 0) is 36.5 Å². The van der Waals surface area contributed by atoms with Gasteiger partial charge in [-0.25, -0.2) is 0 Å². The van der Waals surface area contributed by atoms with E-state index < -0.39 is 0 Å². The SMILES string of the molecule is C=CCC(CC)c1c(Cl)cccc1Cl. The molecule has 1 aromatic rings. The van der Waals surface area contributed by atoms with Crippen molar-refractivity contribution in [3.05, 3.63) is 46.5 Å². The molecule has 0 N–H and O–H groups in total. The minimum atomic E-state index is 0.383. The van der Waals surface area contributed by atoms with Crippen LogP contribution in [-0.2, 0) is 0 Å². The van der Waals surface area contributed by atoms with Crippen molar-refractivity contribution < 1.29 is 0 Å². The molecule has 0 aliphatic rings. The van der Waals surface area contributed by atoms with Crippen molar-refractivity contribution >= 4 is 23.2 Å². The van der Waals surface area contributed by atoms with Crippen LogP contribution in [0.25, 0.3) is 0 Å². The highest BCUT2D eigenvalue weighted by molar-refractivity contribution is 6.36. The van der Waals surface area contributed by atoms with Crippen LogP contribution in [0.3, 0.4) is 0 Å². The van der Waals surface area contributed by atoms with Crippen LogP contribution in [0.1, 0.15) is 31.2 Å². The molecule has 0 amide bonds. The van der Waals surface area contributed by atoms with Crippen molar-refractivity contribution in [2.75, 3.05) is 0 Å². The Labute approximate surface area is 95.5 Å². The zero-order valence-electron chi connectivity index (χ0n) is 8.26. The smallest absolute Gasteiger partial charge is 0.0455 e. The molecular formula is C12H14Cl2. The number of allylic oxidation sites excluding steroid dienone is 1. The Morgan fingerprint density at radius 1 is 1.36 bits per heavy atom. The predicted molar refractivity (Wildman–Crippen MR) is 64.3 cm³/mol. The molecular weight excluding hydrogens is 215 g/mol. The van der Waals surface area contributed by atoms with Crippen LogP contribution in [0, 0.1) is 0 Å². The predicted octanol–water partition coefficient (Wildman–Crippen LogP) is 5.06. The van der Waals surface area contributed by atoms with E-state index in [2.05, 4.69) is 13.5 Å². The van der Waals surface area contributed by atoms with Gasteiger partial charge in [0.15, 0.2) is 0 Å². The zero-order valence-corrected chi connectivity index (χ0v) is 9.78. The molecule has 1 atom stereocenters. The quantitative estimate of drug-likeness (QED) is 0.632. The van der Waals surface area contributed by atoms with Crippen molar-refractivity contribution in [2.24, 2.45) is 0 Å². The minimum absolute atomic E-state index is 0.383. The monoisotopic (exact) mass is 228 g/mol. The van der Waals surface area contributed by atoms with Gasteiger partial charge in [0.2, 0.25) is 0 Å². The van der Waals surface area contributed by atoms with E-state index in [-0.39, 0.29) is 0 Å². The molecule has 0 aliphatic carbocycles. The topological polar surface area (TPSA) is 0 Å². The summed E-state index contributed by atoms with van der Waals surface area (Å²) in [6.07, 6.45) is 3.85. The molecule has 1 unspecified atom stereocenters. The lowest BCUT2D eigenvalue weighted by atomic mass is 9.93. The average Bonchev–Trinajstić information content (AvgIpc) is 2.16. The third-order valence-corrected chi connectivity index (χ3v) is 3.01. The first-order valence-corrected chi connectivity index (χ1v) is 5.51. The van der Waals surface area contributed by atoms with Gasteiger partial charge in [0, 0.05) is 10.0 Å². The van der Waals surface area contributed by atoms with Gasteiger partial charge in [-0.2, -0.15) is 0 Å². The van der Waals surface area contributed by atoms with Gasteiger partial charge in [-0.3, -0.25) is 0 Å². The number of benzene rings is 1. The second-order valence-corrected chi connectivity index (χ2v) is 4.08. The molecule has 0 aromatic heterocycles. The first-order valence-electron chi connectivity index (χ1n) is 4.75. The van der Waals surface area contributed by atoms with Gasteiger partial charge < -0.3 is 0 Å². The molecule has 0 aliphatic heterocycles. The van der Waals surface area contributed by atoms with Crippen LogP contribution >= 0.6 is 23.2 Å². The van der Waals surface area contributed by atoms with Crippen LogP contribution in [0.5, 0.6) is 0 Å². The van der Waals surface area contributed by atoms with Gasteiger partial charge in [0.05, 0.1) is 0 Å². The lowest BCUT2D eigenvalue weighted by Gasteiger charge is -2.16. The summed E-state index contributed by atoms with van der Waals surface area (Å²) in [5.41, 5.74) is 1.05. The van der Waals surface area contributed by atoms with E-state index in [0.717, 1.165) is 28.5 Å². The van der Waals surface area contributed by atoms with Gasteiger partial charge in [0.25, 0.3) is 0 Å². The van der Waals surface area contributed by atoms with E-state index in [1.165, 1.54) is 0 Å². The van der Waals surface area contributed by atoms with Gasteiger partial charge in [0.1, 0.15) is 0 Å². The fourth-order valence-electron chi connectivity index (χ4n) is 1.59. The molecule has 1 rings (SSSR count). The van der Waals surface area contributed by atoms with Crippen LogP contribution in [0.2, 0.25) is 10.0 Å².